The van der Waals surface area contributed by atoms with Crippen LogP contribution < -0.4 is 0 Å². The second-order valence-electron chi connectivity index (χ2n) is 1.78. The fourth-order valence-electron chi connectivity index (χ4n) is 0.692. The quantitative estimate of drug-likeness (QED) is 0.375. The van der Waals surface area contributed by atoms with Gasteiger partial charge in [-0.1, -0.05) is 13.0 Å². The fraction of sp³-hybridized carbons (Fsp3) is 0.667. The lowest BCUT2D eigenvalue weighted by molar-refractivity contribution is 0.385. The third-order valence-electron chi connectivity index (χ3n) is 1.26. The third kappa shape index (κ3) is 0.829. The summed E-state index contributed by atoms with van der Waals surface area (Å²) in [6, 6.07) is 0. The molecule has 0 bridgehead atoms. The highest BCUT2D eigenvalue weighted by Gasteiger charge is 2.33. The third-order valence-corrected chi connectivity index (χ3v) is 1.26. The summed E-state index contributed by atoms with van der Waals surface area (Å²) in [7, 11) is 0. The summed E-state index contributed by atoms with van der Waals surface area (Å²) in [5.41, 5.74) is 0. The van der Waals surface area contributed by atoms with Crippen LogP contribution in [0.1, 0.15) is 13.3 Å². The maximum Gasteiger partial charge on any atom is 0.102 e. The number of hydrogen-bond donors (Lipinski definition) is 0. The van der Waals surface area contributed by atoms with E-state index in [2.05, 4.69) is 13.5 Å². The summed E-state index contributed by atoms with van der Waals surface area (Å²) in [4.78, 5) is 0. The zero-order valence-corrected chi connectivity index (χ0v) is 4.55. The fourth-order valence-corrected chi connectivity index (χ4v) is 0.692. The van der Waals surface area contributed by atoms with Gasteiger partial charge in [0, 0.05) is 0 Å². The molecule has 0 aromatic carbocycles. The highest BCUT2D eigenvalue weighted by atomic mass is 16.6. The molecule has 0 unspecified atom stereocenters. The Morgan fingerprint density at radius 2 is 2.57 bits per heavy atom. The van der Waals surface area contributed by atoms with Crippen LogP contribution in [0.15, 0.2) is 12.7 Å². The second kappa shape index (κ2) is 1.66. The first-order valence-corrected chi connectivity index (χ1v) is 2.66. The Kier molecular flexibility index (Phi) is 1.15. The normalized spacial score (nSPS) is 37.9. The summed E-state index contributed by atoms with van der Waals surface area (Å²) in [5.74, 6) is 0. The molecule has 0 amide bonds. The van der Waals surface area contributed by atoms with Crippen LogP contribution in [0.3, 0.4) is 0 Å². The maximum atomic E-state index is 5.10. The van der Waals surface area contributed by atoms with Gasteiger partial charge in [0.2, 0.25) is 0 Å². The van der Waals surface area contributed by atoms with Gasteiger partial charge in [-0.3, -0.25) is 0 Å². The molecule has 0 saturated carbocycles. The Morgan fingerprint density at radius 3 is 2.71 bits per heavy atom. The van der Waals surface area contributed by atoms with E-state index in [1.807, 2.05) is 6.08 Å². The van der Waals surface area contributed by atoms with Crippen molar-refractivity contribution >= 4 is 0 Å². The first-order chi connectivity index (χ1) is 3.38. The van der Waals surface area contributed by atoms with Crippen LogP contribution in [0.25, 0.3) is 0 Å². The molecule has 1 saturated heterocycles. The van der Waals surface area contributed by atoms with Crippen LogP contribution >= 0.6 is 0 Å². The van der Waals surface area contributed by atoms with Gasteiger partial charge in [-0.15, -0.1) is 6.58 Å². The first kappa shape index (κ1) is 4.85. The molecule has 0 aromatic rings. The predicted octanol–water partition coefficient (Wildman–Crippen LogP) is 1.35. The molecular formula is C6H10O. The maximum absolute atomic E-state index is 5.10. The molecule has 1 rings (SSSR count). The smallest absolute Gasteiger partial charge is 0.102 e. The van der Waals surface area contributed by atoms with Crippen molar-refractivity contribution in [3.8, 4) is 0 Å². The Hall–Kier alpha value is -0.300. The Labute approximate surface area is 44.0 Å². The topological polar surface area (TPSA) is 12.5 Å². The van der Waals surface area contributed by atoms with Crippen LogP contribution in [0.2, 0.25) is 0 Å². The van der Waals surface area contributed by atoms with Gasteiger partial charge in [-0.05, 0) is 6.42 Å². The van der Waals surface area contributed by atoms with Crippen molar-refractivity contribution in [1.82, 2.24) is 0 Å². The van der Waals surface area contributed by atoms with Gasteiger partial charge < -0.3 is 4.74 Å². The summed E-state index contributed by atoms with van der Waals surface area (Å²) in [5, 5.41) is 0. The van der Waals surface area contributed by atoms with E-state index in [1.54, 1.807) is 0 Å². The lowest BCUT2D eigenvalue weighted by atomic mass is 10.3. The monoisotopic (exact) mass is 98.1 g/mol. The number of rotatable bonds is 2. The first-order valence-electron chi connectivity index (χ1n) is 2.66. The van der Waals surface area contributed by atoms with Gasteiger partial charge in [0.15, 0.2) is 0 Å². The molecule has 0 radical (unpaired) electrons. The molecule has 0 aliphatic carbocycles. The second-order valence-corrected chi connectivity index (χ2v) is 1.78. The van der Waals surface area contributed by atoms with E-state index < -0.39 is 0 Å². The lowest BCUT2D eigenvalue weighted by Crippen LogP contribution is -1.83. The van der Waals surface area contributed by atoms with Crippen molar-refractivity contribution in [2.75, 3.05) is 0 Å². The van der Waals surface area contributed by atoms with E-state index in [0.717, 1.165) is 6.42 Å². The minimum absolute atomic E-state index is 0.380. The molecular weight excluding hydrogens is 88.1 g/mol. The van der Waals surface area contributed by atoms with Crippen molar-refractivity contribution in [1.29, 1.82) is 0 Å². The van der Waals surface area contributed by atoms with Gasteiger partial charge in [0.05, 0.1) is 6.10 Å². The predicted molar refractivity (Wildman–Crippen MR) is 29.1 cm³/mol. The minimum Gasteiger partial charge on any atom is -0.365 e. The van der Waals surface area contributed by atoms with Crippen LogP contribution in [0.4, 0.5) is 0 Å². The van der Waals surface area contributed by atoms with E-state index in [1.165, 1.54) is 0 Å². The average Bonchev–Trinajstić information content (AvgIpc) is 2.43. The number of hydrogen-bond acceptors (Lipinski definition) is 1. The molecule has 0 spiro atoms. The van der Waals surface area contributed by atoms with Crippen molar-refractivity contribution in [3.63, 3.8) is 0 Å². The van der Waals surface area contributed by atoms with Crippen LogP contribution in [-0.2, 0) is 4.74 Å². The molecule has 1 nitrogen and oxygen atoms in total. The standard InChI is InChI=1S/C6H10O/c1-3-5-6(4-2)7-5/h3,5-6H,1,4H2,2H3/t5-,6-/m1/s1. The number of ether oxygens (including phenoxy) is 1. The molecule has 0 aromatic heterocycles. The molecule has 1 aliphatic heterocycles. The minimum atomic E-state index is 0.380. The molecule has 1 heteroatoms. The summed E-state index contributed by atoms with van der Waals surface area (Å²) < 4.78 is 5.10. The van der Waals surface area contributed by atoms with E-state index >= 15 is 0 Å². The highest BCUT2D eigenvalue weighted by Crippen LogP contribution is 2.24. The van der Waals surface area contributed by atoms with Crippen molar-refractivity contribution in [2.45, 2.75) is 25.6 Å². The van der Waals surface area contributed by atoms with Gasteiger partial charge in [0.1, 0.15) is 6.10 Å². The molecule has 1 aliphatic rings. The average molecular weight is 98.1 g/mol. The molecule has 7 heavy (non-hydrogen) atoms. The Balaban J connectivity index is 2.17. The highest BCUT2D eigenvalue weighted by molar-refractivity contribution is 4.96. The zero-order valence-electron chi connectivity index (χ0n) is 4.55. The van der Waals surface area contributed by atoms with E-state index in [-0.39, 0.29) is 0 Å². The van der Waals surface area contributed by atoms with Crippen molar-refractivity contribution in [3.05, 3.63) is 12.7 Å². The van der Waals surface area contributed by atoms with Gasteiger partial charge >= 0.3 is 0 Å². The van der Waals surface area contributed by atoms with Gasteiger partial charge in [-0.2, -0.15) is 0 Å². The van der Waals surface area contributed by atoms with Gasteiger partial charge in [0.25, 0.3) is 0 Å². The number of epoxide rings is 1. The van der Waals surface area contributed by atoms with E-state index in [4.69, 9.17) is 4.74 Å². The Morgan fingerprint density at radius 1 is 1.86 bits per heavy atom. The molecule has 0 N–H and O–H groups in total. The van der Waals surface area contributed by atoms with Crippen molar-refractivity contribution < 1.29 is 4.74 Å². The molecule has 1 fully saturated rings. The van der Waals surface area contributed by atoms with Crippen LogP contribution in [0, 0.1) is 0 Å². The molecule has 1 heterocycles. The summed E-state index contributed by atoms with van der Waals surface area (Å²) in [6.07, 6.45) is 3.85. The SMILES string of the molecule is C=C[C@H]1O[C@@H]1CC. The summed E-state index contributed by atoms with van der Waals surface area (Å²) in [6.45, 7) is 5.72. The molecule has 40 valence electrons. The Bertz CT molecular complexity index is 78.2. The van der Waals surface area contributed by atoms with E-state index in [9.17, 15) is 0 Å². The largest absolute Gasteiger partial charge is 0.365 e. The molecule has 2 atom stereocenters. The summed E-state index contributed by atoms with van der Waals surface area (Å²) >= 11 is 0. The zero-order chi connectivity index (χ0) is 5.28. The van der Waals surface area contributed by atoms with Crippen LogP contribution in [-0.4, -0.2) is 12.2 Å². The van der Waals surface area contributed by atoms with Gasteiger partial charge in [-0.25, -0.2) is 0 Å². The lowest BCUT2D eigenvalue weighted by Gasteiger charge is -1.73. The van der Waals surface area contributed by atoms with Crippen molar-refractivity contribution in [2.24, 2.45) is 0 Å². The van der Waals surface area contributed by atoms with E-state index in [0.29, 0.717) is 12.2 Å². The van der Waals surface area contributed by atoms with Crippen LogP contribution in [0.5, 0.6) is 0 Å².